The van der Waals surface area contributed by atoms with Crippen molar-refractivity contribution in [3.63, 3.8) is 0 Å². The van der Waals surface area contributed by atoms with E-state index in [1.54, 1.807) is 0 Å². The van der Waals surface area contributed by atoms with Crippen molar-refractivity contribution < 1.29 is 22.4 Å². The highest BCUT2D eigenvalue weighted by molar-refractivity contribution is 6.04. The molecule has 0 radical (unpaired) electrons. The molecule has 0 aliphatic carbocycles. The molecule has 1 heterocycles. The number of hydrogen-bond donors (Lipinski definition) is 2. The van der Waals surface area contributed by atoms with Crippen LogP contribution in [0.15, 0.2) is 36.5 Å². The lowest BCUT2D eigenvalue weighted by molar-refractivity contribution is 0.102. The van der Waals surface area contributed by atoms with Gasteiger partial charge in [-0.15, -0.1) is 0 Å². The van der Waals surface area contributed by atoms with Crippen LogP contribution in [0.5, 0.6) is 0 Å². The predicted molar refractivity (Wildman–Crippen MR) is 86.9 cm³/mol. The summed E-state index contributed by atoms with van der Waals surface area (Å²) in [4.78, 5) is 12.0. The number of hydrogen-bond acceptors (Lipinski definition) is 4. The molecule has 136 valence electrons. The van der Waals surface area contributed by atoms with Crippen LogP contribution in [-0.2, 0) is 0 Å². The summed E-state index contributed by atoms with van der Waals surface area (Å²) in [6.45, 7) is 0. The van der Waals surface area contributed by atoms with Crippen molar-refractivity contribution in [2.24, 2.45) is 0 Å². The Morgan fingerprint density at radius 1 is 1.11 bits per heavy atom. The maximum absolute atomic E-state index is 13.7. The van der Waals surface area contributed by atoms with Crippen LogP contribution in [0.4, 0.5) is 29.1 Å². The van der Waals surface area contributed by atoms with Crippen molar-refractivity contribution in [2.75, 3.05) is 11.1 Å². The second-order valence-corrected chi connectivity index (χ2v) is 5.32. The number of halogens is 4. The average molecular weight is 375 g/mol. The van der Waals surface area contributed by atoms with Crippen molar-refractivity contribution in [2.45, 2.75) is 0 Å². The van der Waals surface area contributed by atoms with Gasteiger partial charge in [0, 0.05) is 5.69 Å². The highest BCUT2D eigenvalue weighted by Crippen LogP contribution is 2.21. The van der Waals surface area contributed by atoms with Gasteiger partial charge in [-0.1, -0.05) is 0 Å². The molecule has 0 saturated carbocycles. The second kappa shape index (κ2) is 6.80. The Morgan fingerprint density at radius 3 is 2.37 bits per heavy atom. The van der Waals surface area contributed by atoms with Crippen LogP contribution in [0.3, 0.4) is 0 Å². The standard InChI is InChI=1S/C17H9F4N5O/c18-12-5-11(13(19)15(21)14(12)20)17(27)25-9-1-3-10(4-2-9)26-16(23)8(6-22)7-24-26/h1-5,7H,23H2,(H,25,27). The lowest BCUT2D eigenvalue weighted by Gasteiger charge is -2.09. The number of nitrogens with one attached hydrogen (secondary N) is 1. The van der Waals surface area contributed by atoms with Gasteiger partial charge in [-0.2, -0.15) is 10.4 Å². The molecule has 0 unspecified atom stereocenters. The molecule has 3 N–H and O–H groups in total. The van der Waals surface area contributed by atoms with E-state index < -0.39 is 34.7 Å². The van der Waals surface area contributed by atoms with Crippen LogP contribution in [0.1, 0.15) is 15.9 Å². The molecule has 0 aliphatic heterocycles. The van der Waals surface area contributed by atoms with Gasteiger partial charge in [0.25, 0.3) is 5.91 Å². The predicted octanol–water partition coefficient (Wildman–Crippen LogP) is 3.13. The highest BCUT2D eigenvalue weighted by Gasteiger charge is 2.23. The topological polar surface area (TPSA) is 96.7 Å². The Balaban J connectivity index is 1.84. The fourth-order valence-electron chi connectivity index (χ4n) is 2.27. The van der Waals surface area contributed by atoms with Crippen LogP contribution in [-0.4, -0.2) is 15.7 Å². The van der Waals surface area contributed by atoms with Gasteiger partial charge in [-0.25, -0.2) is 22.2 Å². The minimum Gasteiger partial charge on any atom is -0.382 e. The Bertz CT molecular complexity index is 1090. The highest BCUT2D eigenvalue weighted by atomic mass is 19.2. The molecule has 1 amide bonds. The van der Waals surface area contributed by atoms with E-state index >= 15 is 0 Å². The van der Waals surface area contributed by atoms with Crippen molar-refractivity contribution >= 4 is 17.4 Å². The summed E-state index contributed by atoms with van der Waals surface area (Å²) in [6, 6.07) is 7.91. The summed E-state index contributed by atoms with van der Waals surface area (Å²) in [5, 5.41) is 15.1. The van der Waals surface area contributed by atoms with Gasteiger partial charge < -0.3 is 11.1 Å². The van der Waals surface area contributed by atoms with E-state index in [1.165, 1.54) is 35.1 Å². The van der Waals surface area contributed by atoms with E-state index in [1.807, 2.05) is 6.07 Å². The molecule has 0 atom stereocenters. The lowest BCUT2D eigenvalue weighted by atomic mass is 10.1. The molecule has 10 heteroatoms. The monoisotopic (exact) mass is 375 g/mol. The normalized spacial score (nSPS) is 10.5. The molecule has 6 nitrogen and oxygen atoms in total. The van der Waals surface area contributed by atoms with E-state index in [0.29, 0.717) is 5.69 Å². The number of nitrogen functional groups attached to an aromatic ring is 1. The second-order valence-electron chi connectivity index (χ2n) is 5.32. The molecular weight excluding hydrogens is 366 g/mol. The first-order chi connectivity index (χ1) is 12.8. The van der Waals surface area contributed by atoms with Crippen molar-refractivity contribution in [3.8, 4) is 11.8 Å². The molecule has 3 aromatic rings. The quantitative estimate of drug-likeness (QED) is 0.418. The zero-order valence-corrected chi connectivity index (χ0v) is 13.3. The third kappa shape index (κ3) is 3.18. The van der Waals surface area contributed by atoms with E-state index in [9.17, 15) is 22.4 Å². The first-order valence-electron chi connectivity index (χ1n) is 7.32. The minimum atomic E-state index is -2.07. The van der Waals surface area contributed by atoms with Gasteiger partial charge in [-0.05, 0) is 30.3 Å². The van der Waals surface area contributed by atoms with Crippen LogP contribution in [0.25, 0.3) is 5.69 Å². The number of nitrogens with zero attached hydrogens (tertiary/aromatic N) is 3. The number of aromatic nitrogens is 2. The van der Waals surface area contributed by atoms with Gasteiger partial charge in [0.15, 0.2) is 23.3 Å². The van der Waals surface area contributed by atoms with Crippen LogP contribution in [0.2, 0.25) is 0 Å². The maximum atomic E-state index is 13.7. The van der Waals surface area contributed by atoms with Crippen LogP contribution in [0, 0.1) is 34.6 Å². The molecule has 0 spiro atoms. The minimum absolute atomic E-state index is 0.119. The molecule has 3 rings (SSSR count). The van der Waals surface area contributed by atoms with Gasteiger partial charge in [0.05, 0.1) is 17.4 Å². The van der Waals surface area contributed by atoms with Crippen LogP contribution >= 0.6 is 0 Å². The number of amides is 1. The molecule has 2 aromatic carbocycles. The Hall–Kier alpha value is -3.87. The Kier molecular flexibility index (Phi) is 4.51. The van der Waals surface area contributed by atoms with Crippen molar-refractivity contribution in [3.05, 3.63) is 70.9 Å². The number of carbonyl (C=O) groups excluding carboxylic acids is 1. The number of rotatable bonds is 3. The third-order valence-corrected chi connectivity index (χ3v) is 3.64. The molecule has 0 saturated heterocycles. The number of carbonyl (C=O) groups is 1. The summed E-state index contributed by atoms with van der Waals surface area (Å²) in [7, 11) is 0. The largest absolute Gasteiger partial charge is 0.382 e. The summed E-state index contributed by atoms with van der Waals surface area (Å²) in [5.41, 5.74) is 5.60. The van der Waals surface area contributed by atoms with Gasteiger partial charge >= 0.3 is 0 Å². The van der Waals surface area contributed by atoms with E-state index in [-0.39, 0.29) is 23.1 Å². The zero-order chi connectivity index (χ0) is 19.7. The molecule has 27 heavy (non-hydrogen) atoms. The Labute approximate surface area is 149 Å². The number of nitrogens with two attached hydrogens (primary N) is 1. The average Bonchev–Trinajstić information content (AvgIpc) is 3.04. The molecular formula is C17H9F4N5O. The lowest BCUT2D eigenvalue weighted by Crippen LogP contribution is -2.16. The van der Waals surface area contributed by atoms with E-state index in [0.717, 1.165) is 0 Å². The van der Waals surface area contributed by atoms with Gasteiger partial charge in [0.1, 0.15) is 17.5 Å². The SMILES string of the molecule is N#Cc1cnn(-c2ccc(NC(=O)c3cc(F)c(F)c(F)c3F)cc2)c1N. The Morgan fingerprint density at radius 2 is 1.78 bits per heavy atom. The summed E-state index contributed by atoms with van der Waals surface area (Å²) < 4.78 is 54.4. The molecule has 0 bridgehead atoms. The van der Waals surface area contributed by atoms with Gasteiger partial charge in [0.2, 0.25) is 0 Å². The maximum Gasteiger partial charge on any atom is 0.258 e. The first kappa shape index (κ1) is 17.9. The summed E-state index contributed by atoms with van der Waals surface area (Å²) in [6.07, 6.45) is 1.28. The van der Waals surface area contributed by atoms with Crippen molar-refractivity contribution in [1.29, 1.82) is 5.26 Å². The summed E-state index contributed by atoms with van der Waals surface area (Å²) >= 11 is 0. The van der Waals surface area contributed by atoms with Crippen LogP contribution < -0.4 is 11.1 Å². The molecule has 1 aromatic heterocycles. The third-order valence-electron chi connectivity index (χ3n) is 3.64. The fraction of sp³-hybridized carbons (Fsp3) is 0. The fourth-order valence-corrected chi connectivity index (χ4v) is 2.27. The molecule has 0 aliphatic rings. The number of nitriles is 1. The van der Waals surface area contributed by atoms with E-state index in [4.69, 9.17) is 11.0 Å². The number of benzene rings is 2. The van der Waals surface area contributed by atoms with Gasteiger partial charge in [-0.3, -0.25) is 4.79 Å². The van der Waals surface area contributed by atoms with E-state index in [2.05, 4.69) is 10.4 Å². The molecule has 0 fully saturated rings. The smallest absolute Gasteiger partial charge is 0.258 e. The summed E-state index contributed by atoms with van der Waals surface area (Å²) in [5.74, 6) is -8.59. The first-order valence-corrected chi connectivity index (χ1v) is 7.32. The number of anilines is 2. The van der Waals surface area contributed by atoms with Crippen molar-refractivity contribution in [1.82, 2.24) is 9.78 Å². The zero-order valence-electron chi connectivity index (χ0n) is 13.3.